The van der Waals surface area contributed by atoms with Crippen LogP contribution in [0.3, 0.4) is 0 Å². The number of hydrogen-bond acceptors (Lipinski definition) is 4. The van der Waals surface area contributed by atoms with Crippen LogP contribution in [0.25, 0.3) is 0 Å². The van der Waals surface area contributed by atoms with Crippen molar-refractivity contribution in [2.45, 2.75) is 12.0 Å². The van der Waals surface area contributed by atoms with Gasteiger partial charge in [0.15, 0.2) is 0 Å². The number of carbonyl (C=O) groups excluding carboxylic acids is 1. The summed E-state index contributed by atoms with van der Waals surface area (Å²) < 4.78 is 23.1. The van der Waals surface area contributed by atoms with Crippen LogP contribution in [-0.2, 0) is 15.1 Å². The molecule has 16 heavy (non-hydrogen) atoms. The van der Waals surface area contributed by atoms with E-state index in [4.69, 9.17) is 10.5 Å². The second-order valence-electron chi connectivity index (χ2n) is 3.70. The molecule has 1 heterocycles. The fraction of sp³-hybridized carbons (Fsp3) is 0.364. The van der Waals surface area contributed by atoms with E-state index < -0.39 is 17.3 Å². The molecule has 1 aliphatic rings. The zero-order chi connectivity index (χ0) is 11.8. The van der Waals surface area contributed by atoms with E-state index in [-0.39, 0.29) is 6.42 Å². The minimum Gasteiger partial charge on any atom is -0.493 e. The van der Waals surface area contributed by atoms with Gasteiger partial charge in [-0.2, -0.15) is 0 Å². The Morgan fingerprint density at radius 1 is 1.62 bits per heavy atom. The number of ether oxygens (including phenoxy) is 2. The Morgan fingerprint density at radius 3 is 3.06 bits per heavy atom. The van der Waals surface area contributed by atoms with Gasteiger partial charge in [0.1, 0.15) is 17.1 Å². The molecule has 86 valence electrons. The van der Waals surface area contributed by atoms with E-state index in [0.29, 0.717) is 17.9 Å². The van der Waals surface area contributed by atoms with E-state index in [9.17, 15) is 9.18 Å². The average molecular weight is 225 g/mol. The lowest BCUT2D eigenvalue weighted by Crippen LogP contribution is -2.49. The summed E-state index contributed by atoms with van der Waals surface area (Å²) in [5, 5.41) is 0. The SMILES string of the molecule is COC(=O)[C@]1(N)CCOc2ccc(F)cc21. The van der Waals surface area contributed by atoms with Crippen LogP contribution in [0.4, 0.5) is 4.39 Å². The fourth-order valence-corrected chi connectivity index (χ4v) is 1.83. The molecule has 0 aromatic heterocycles. The highest BCUT2D eigenvalue weighted by atomic mass is 19.1. The highest BCUT2D eigenvalue weighted by molar-refractivity contribution is 5.83. The molecular weight excluding hydrogens is 213 g/mol. The summed E-state index contributed by atoms with van der Waals surface area (Å²) in [4.78, 5) is 11.6. The Balaban J connectivity index is 2.54. The van der Waals surface area contributed by atoms with E-state index >= 15 is 0 Å². The van der Waals surface area contributed by atoms with E-state index in [1.165, 1.54) is 25.3 Å². The predicted molar refractivity (Wildman–Crippen MR) is 54.4 cm³/mol. The minimum absolute atomic E-state index is 0.274. The van der Waals surface area contributed by atoms with Crippen molar-refractivity contribution in [1.29, 1.82) is 0 Å². The fourth-order valence-electron chi connectivity index (χ4n) is 1.83. The van der Waals surface area contributed by atoms with Crippen LogP contribution >= 0.6 is 0 Å². The molecule has 0 spiro atoms. The second kappa shape index (κ2) is 3.75. The minimum atomic E-state index is -1.32. The molecule has 0 radical (unpaired) electrons. The van der Waals surface area contributed by atoms with Gasteiger partial charge in [0.25, 0.3) is 0 Å². The summed E-state index contributed by atoms with van der Waals surface area (Å²) in [5.41, 5.74) is 5.00. The van der Waals surface area contributed by atoms with Gasteiger partial charge < -0.3 is 15.2 Å². The molecule has 0 amide bonds. The first-order chi connectivity index (χ1) is 7.58. The number of hydrogen-bond donors (Lipinski definition) is 1. The summed E-state index contributed by atoms with van der Waals surface area (Å²) in [7, 11) is 1.26. The third-order valence-electron chi connectivity index (χ3n) is 2.73. The summed E-state index contributed by atoms with van der Waals surface area (Å²) in [5.74, 6) is -0.605. The van der Waals surface area contributed by atoms with Crippen molar-refractivity contribution in [2.75, 3.05) is 13.7 Å². The summed E-state index contributed by atoms with van der Waals surface area (Å²) in [6.45, 7) is 0.310. The maximum absolute atomic E-state index is 13.1. The Labute approximate surface area is 92.1 Å². The number of methoxy groups -OCH3 is 1. The number of halogens is 1. The van der Waals surface area contributed by atoms with Crippen LogP contribution in [0.2, 0.25) is 0 Å². The quantitative estimate of drug-likeness (QED) is 0.722. The third-order valence-corrected chi connectivity index (χ3v) is 2.73. The van der Waals surface area contributed by atoms with Gasteiger partial charge in [0.2, 0.25) is 0 Å². The molecule has 1 aromatic rings. The highest BCUT2D eigenvalue weighted by Crippen LogP contribution is 2.36. The second-order valence-corrected chi connectivity index (χ2v) is 3.70. The van der Waals surface area contributed by atoms with Crippen molar-refractivity contribution >= 4 is 5.97 Å². The van der Waals surface area contributed by atoms with Crippen molar-refractivity contribution in [3.8, 4) is 5.75 Å². The van der Waals surface area contributed by atoms with Crippen LogP contribution in [0.5, 0.6) is 5.75 Å². The van der Waals surface area contributed by atoms with Gasteiger partial charge >= 0.3 is 5.97 Å². The first kappa shape index (κ1) is 10.9. The van der Waals surface area contributed by atoms with Crippen LogP contribution in [-0.4, -0.2) is 19.7 Å². The summed E-state index contributed by atoms with van der Waals surface area (Å²) in [6, 6.07) is 3.95. The topological polar surface area (TPSA) is 61.5 Å². The molecule has 0 unspecified atom stereocenters. The standard InChI is InChI=1S/C11H12FNO3/c1-15-10(14)11(13)4-5-16-9-3-2-7(12)6-8(9)11/h2-3,6H,4-5,13H2,1H3/t11-/m0/s1. The van der Waals surface area contributed by atoms with Crippen molar-refractivity contribution in [1.82, 2.24) is 0 Å². The van der Waals surface area contributed by atoms with E-state index in [2.05, 4.69) is 4.74 Å². The van der Waals surface area contributed by atoms with Crippen molar-refractivity contribution < 1.29 is 18.7 Å². The van der Waals surface area contributed by atoms with E-state index in [1.807, 2.05) is 0 Å². The van der Waals surface area contributed by atoms with Gasteiger partial charge in [-0.05, 0) is 18.2 Å². The smallest absolute Gasteiger partial charge is 0.330 e. The predicted octanol–water partition coefficient (Wildman–Crippen LogP) is 0.935. The zero-order valence-corrected chi connectivity index (χ0v) is 8.83. The number of carbonyl (C=O) groups is 1. The number of fused-ring (bicyclic) bond motifs is 1. The third kappa shape index (κ3) is 1.53. The van der Waals surface area contributed by atoms with Gasteiger partial charge in [-0.1, -0.05) is 0 Å². The van der Waals surface area contributed by atoms with Gasteiger partial charge in [0, 0.05) is 12.0 Å². The van der Waals surface area contributed by atoms with Crippen molar-refractivity contribution in [3.05, 3.63) is 29.6 Å². The Hall–Kier alpha value is -1.62. The molecule has 4 nitrogen and oxygen atoms in total. The molecule has 0 saturated carbocycles. The maximum atomic E-state index is 13.1. The normalized spacial score (nSPS) is 23.2. The van der Waals surface area contributed by atoms with Crippen molar-refractivity contribution in [3.63, 3.8) is 0 Å². The lowest BCUT2D eigenvalue weighted by Gasteiger charge is -2.32. The van der Waals surface area contributed by atoms with Gasteiger partial charge in [-0.3, -0.25) is 0 Å². The number of esters is 1. The first-order valence-corrected chi connectivity index (χ1v) is 4.88. The van der Waals surface area contributed by atoms with Gasteiger partial charge in [0.05, 0.1) is 13.7 Å². The number of rotatable bonds is 1. The molecule has 1 aromatic carbocycles. The zero-order valence-electron chi connectivity index (χ0n) is 8.83. The number of nitrogens with two attached hydrogens (primary N) is 1. The molecule has 2 N–H and O–H groups in total. The Morgan fingerprint density at radius 2 is 2.38 bits per heavy atom. The van der Waals surface area contributed by atoms with E-state index in [0.717, 1.165) is 0 Å². The van der Waals surface area contributed by atoms with Crippen LogP contribution in [0.1, 0.15) is 12.0 Å². The lowest BCUT2D eigenvalue weighted by atomic mass is 9.85. The Bertz CT molecular complexity index is 435. The van der Waals surface area contributed by atoms with Crippen LogP contribution in [0, 0.1) is 5.82 Å². The van der Waals surface area contributed by atoms with Crippen LogP contribution in [0.15, 0.2) is 18.2 Å². The largest absolute Gasteiger partial charge is 0.493 e. The molecule has 0 fully saturated rings. The molecule has 2 rings (SSSR count). The van der Waals surface area contributed by atoms with Gasteiger partial charge in [-0.15, -0.1) is 0 Å². The summed E-state index contributed by atoms with van der Waals surface area (Å²) >= 11 is 0. The van der Waals surface area contributed by atoms with Gasteiger partial charge in [-0.25, -0.2) is 9.18 Å². The molecule has 1 atom stereocenters. The number of benzene rings is 1. The summed E-state index contributed by atoms with van der Waals surface area (Å²) in [6.07, 6.45) is 0.274. The molecule has 0 aliphatic carbocycles. The Kier molecular flexibility index (Phi) is 2.55. The molecule has 0 saturated heterocycles. The molecule has 0 bridgehead atoms. The van der Waals surface area contributed by atoms with Crippen molar-refractivity contribution in [2.24, 2.45) is 5.73 Å². The highest BCUT2D eigenvalue weighted by Gasteiger charge is 2.42. The average Bonchev–Trinajstić information content (AvgIpc) is 2.29. The lowest BCUT2D eigenvalue weighted by molar-refractivity contribution is -0.148. The monoisotopic (exact) mass is 225 g/mol. The molecular formula is C11H12FNO3. The van der Waals surface area contributed by atoms with E-state index in [1.54, 1.807) is 0 Å². The van der Waals surface area contributed by atoms with Crippen LogP contribution < -0.4 is 10.5 Å². The first-order valence-electron chi connectivity index (χ1n) is 4.88. The molecule has 5 heteroatoms. The molecule has 1 aliphatic heterocycles. The maximum Gasteiger partial charge on any atom is 0.330 e.